The molecule has 0 atom stereocenters. The highest BCUT2D eigenvalue weighted by molar-refractivity contribution is 5.30. The molecule has 0 unspecified atom stereocenters. The second-order valence-corrected chi connectivity index (χ2v) is 3.85. The van der Waals surface area contributed by atoms with Crippen LogP contribution in [0.2, 0.25) is 0 Å². The molecule has 4 heteroatoms. The molecule has 0 radical (unpaired) electrons. The summed E-state index contributed by atoms with van der Waals surface area (Å²) < 4.78 is 5.35. The van der Waals surface area contributed by atoms with E-state index in [1.54, 1.807) is 0 Å². The molecular weight excluding hydrogens is 180 g/mol. The summed E-state index contributed by atoms with van der Waals surface area (Å²) in [6, 6.07) is 0. The van der Waals surface area contributed by atoms with Crippen molar-refractivity contribution in [3.05, 3.63) is 27.2 Å². The topological polar surface area (TPSA) is 55.0 Å². The second-order valence-electron chi connectivity index (χ2n) is 3.85. The Morgan fingerprint density at radius 2 is 2.21 bits per heavy atom. The Kier molecular flexibility index (Phi) is 2.37. The summed E-state index contributed by atoms with van der Waals surface area (Å²) in [5.74, 6) is 0.322. The van der Waals surface area contributed by atoms with Crippen molar-refractivity contribution in [2.24, 2.45) is 0 Å². The zero-order valence-corrected chi connectivity index (χ0v) is 8.46. The first-order valence-electron chi connectivity index (χ1n) is 4.88. The molecule has 0 bridgehead atoms. The van der Waals surface area contributed by atoms with E-state index in [4.69, 9.17) is 4.74 Å². The van der Waals surface area contributed by atoms with Crippen molar-refractivity contribution < 1.29 is 4.74 Å². The summed E-state index contributed by atoms with van der Waals surface area (Å²) in [5, 5.41) is 6.62. The average molecular weight is 194 g/mol. The fourth-order valence-corrected chi connectivity index (χ4v) is 1.79. The lowest BCUT2D eigenvalue weighted by Gasteiger charge is -2.19. The normalized spacial score (nSPS) is 15.6. The summed E-state index contributed by atoms with van der Waals surface area (Å²) in [7, 11) is 0. The maximum absolute atomic E-state index is 11.5. The van der Waals surface area contributed by atoms with Crippen molar-refractivity contribution >= 4 is 0 Å². The quantitative estimate of drug-likeness (QED) is 0.724. The third kappa shape index (κ3) is 1.46. The molecule has 4 nitrogen and oxygen atoms in total. The highest BCUT2D eigenvalue weighted by Crippen LogP contribution is 2.21. The van der Waals surface area contributed by atoms with E-state index in [1.165, 1.54) is 0 Å². The molecule has 1 N–H and O–H groups in total. The predicted molar refractivity (Wildman–Crippen MR) is 52.3 cm³/mol. The van der Waals surface area contributed by atoms with E-state index < -0.39 is 0 Å². The van der Waals surface area contributed by atoms with Gasteiger partial charge in [-0.2, -0.15) is 5.10 Å². The predicted octanol–water partition coefficient (Wildman–Crippen LogP) is 0.966. The van der Waals surface area contributed by atoms with E-state index in [1.807, 2.05) is 0 Å². The highest BCUT2D eigenvalue weighted by atomic mass is 16.5. The van der Waals surface area contributed by atoms with E-state index in [9.17, 15) is 4.79 Å². The minimum Gasteiger partial charge on any atom is -0.376 e. The van der Waals surface area contributed by atoms with Gasteiger partial charge in [-0.15, -0.1) is 0 Å². The Morgan fingerprint density at radius 1 is 1.43 bits per heavy atom. The Labute approximate surface area is 82.3 Å². The van der Waals surface area contributed by atoms with Crippen LogP contribution >= 0.6 is 0 Å². The molecule has 0 aliphatic carbocycles. The molecule has 0 spiro atoms. The van der Waals surface area contributed by atoms with Crippen LogP contribution in [0.1, 0.15) is 36.6 Å². The van der Waals surface area contributed by atoms with Gasteiger partial charge in [-0.25, -0.2) is 5.10 Å². The van der Waals surface area contributed by atoms with Crippen molar-refractivity contribution in [2.75, 3.05) is 6.61 Å². The van der Waals surface area contributed by atoms with E-state index in [2.05, 4.69) is 24.0 Å². The van der Waals surface area contributed by atoms with Gasteiger partial charge in [0.25, 0.3) is 5.56 Å². The Hall–Kier alpha value is -1.16. The molecule has 2 heterocycles. The monoisotopic (exact) mass is 194 g/mol. The van der Waals surface area contributed by atoms with Gasteiger partial charge in [0.15, 0.2) is 0 Å². The van der Waals surface area contributed by atoms with Gasteiger partial charge in [0, 0.05) is 17.5 Å². The van der Waals surface area contributed by atoms with E-state index in [-0.39, 0.29) is 5.56 Å². The Balaban J connectivity index is 2.59. The Morgan fingerprint density at radius 3 is 2.93 bits per heavy atom. The molecule has 76 valence electrons. The van der Waals surface area contributed by atoms with E-state index >= 15 is 0 Å². The van der Waals surface area contributed by atoms with Crippen molar-refractivity contribution in [1.82, 2.24) is 10.2 Å². The summed E-state index contributed by atoms with van der Waals surface area (Å²) in [4.78, 5) is 11.5. The Bertz CT molecular complexity index is 396. The summed E-state index contributed by atoms with van der Waals surface area (Å²) >= 11 is 0. The number of aromatic amines is 1. The standard InChI is InChI=1S/C10H14N2O2/c1-6(2)9-8-5-14-4-3-7(8)10(13)12-11-9/h6H,3-5H2,1-2H3,(H,12,13). The number of H-pyrrole nitrogens is 1. The number of rotatable bonds is 1. The number of hydrogen-bond acceptors (Lipinski definition) is 3. The average Bonchev–Trinajstić information content (AvgIpc) is 2.18. The molecule has 14 heavy (non-hydrogen) atoms. The third-order valence-electron chi connectivity index (χ3n) is 2.52. The number of nitrogens with zero attached hydrogens (tertiary/aromatic N) is 1. The molecular formula is C10H14N2O2. The molecule has 1 aromatic heterocycles. The molecule has 0 aromatic carbocycles. The van der Waals surface area contributed by atoms with Gasteiger partial charge in [0.05, 0.1) is 18.9 Å². The number of fused-ring (bicyclic) bond motifs is 1. The fourth-order valence-electron chi connectivity index (χ4n) is 1.79. The van der Waals surface area contributed by atoms with E-state index in [0.29, 0.717) is 25.6 Å². The van der Waals surface area contributed by atoms with Gasteiger partial charge < -0.3 is 4.74 Å². The first kappa shape index (κ1) is 9.40. The largest absolute Gasteiger partial charge is 0.376 e. The minimum atomic E-state index is -0.0623. The first-order valence-corrected chi connectivity index (χ1v) is 4.88. The number of nitrogens with one attached hydrogen (secondary N) is 1. The zero-order valence-electron chi connectivity index (χ0n) is 8.46. The van der Waals surface area contributed by atoms with Crippen LogP contribution in [-0.2, 0) is 17.8 Å². The van der Waals surface area contributed by atoms with Gasteiger partial charge in [-0.1, -0.05) is 13.8 Å². The molecule has 1 aliphatic rings. The first-order chi connectivity index (χ1) is 6.70. The number of aromatic nitrogens is 2. The van der Waals surface area contributed by atoms with Gasteiger partial charge in [-0.3, -0.25) is 4.79 Å². The molecule has 1 aromatic rings. The lowest BCUT2D eigenvalue weighted by atomic mass is 9.98. The van der Waals surface area contributed by atoms with Gasteiger partial charge in [-0.05, 0) is 5.92 Å². The lowest BCUT2D eigenvalue weighted by molar-refractivity contribution is 0.108. The maximum Gasteiger partial charge on any atom is 0.267 e. The van der Waals surface area contributed by atoms with Crippen LogP contribution < -0.4 is 5.56 Å². The lowest BCUT2D eigenvalue weighted by Crippen LogP contribution is -2.25. The van der Waals surface area contributed by atoms with Crippen LogP contribution in [0.25, 0.3) is 0 Å². The molecule has 1 aliphatic heterocycles. The summed E-state index contributed by atoms with van der Waals surface area (Å²) in [6.45, 7) is 5.29. The minimum absolute atomic E-state index is 0.0623. The third-order valence-corrected chi connectivity index (χ3v) is 2.52. The van der Waals surface area contributed by atoms with Crippen molar-refractivity contribution in [3.63, 3.8) is 0 Å². The van der Waals surface area contributed by atoms with Crippen molar-refractivity contribution in [1.29, 1.82) is 0 Å². The van der Waals surface area contributed by atoms with Gasteiger partial charge >= 0.3 is 0 Å². The molecule has 2 rings (SSSR count). The van der Waals surface area contributed by atoms with E-state index in [0.717, 1.165) is 16.8 Å². The van der Waals surface area contributed by atoms with Crippen LogP contribution in [0.4, 0.5) is 0 Å². The number of hydrogen-bond donors (Lipinski definition) is 1. The highest BCUT2D eigenvalue weighted by Gasteiger charge is 2.19. The van der Waals surface area contributed by atoms with Crippen molar-refractivity contribution in [2.45, 2.75) is 32.8 Å². The maximum atomic E-state index is 11.5. The number of ether oxygens (including phenoxy) is 1. The van der Waals surface area contributed by atoms with Crippen LogP contribution in [0.15, 0.2) is 4.79 Å². The molecule has 0 saturated carbocycles. The van der Waals surface area contributed by atoms with Gasteiger partial charge in [0.1, 0.15) is 0 Å². The molecule has 0 saturated heterocycles. The summed E-state index contributed by atoms with van der Waals surface area (Å²) in [5.41, 5.74) is 2.75. The fraction of sp³-hybridized carbons (Fsp3) is 0.600. The van der Waals surface area contributed by atoms with Crippen molar-refractivity contribution in [3.8, 4) is 0 Å². The van der Waals surface area contributed by atoms with Crippen LogP contribution in [0.3, 0.4) is 0 Å². The summed E-state index contributed by atoms with van der Waals surface area (Å²) in [6.07, 6.45) is 0.701. The van der Waals surface area contributed by atoms with Crippen LogP contribution in [-0.4, -0.2) is 16.8 Å². The SMILES string of the molecule is CC(C)c1n[nH]c(=O)c2c1COCC2. The van der Waals surface area contributed by atoms with Gasteiger partial charge in [0.2, 0.25) is 0 Å². The van der Waals surface area contributed by atoms with Crippen LogP contribution in [0.5, 0.6) is 0 Å². The molecule has 0 fully saturated rings. The zero-order chi connectivity index (χ0) is 10.1. The molecule has 0 amide bonds. The van der Waals surface area contributed by atoms with Crippen LogP contribution in [0, 0.1) is 0 Å². The second kappa shape index (κ2) is 3.53. The smallest absolute Gasteiger partial charge is 0.267 e.